The van der Waals surface area contributed by atoms with Gasteiger partial charge < -0.3 is 74.7 Å². The Morgan fingerprint density at radius 2 is 1.42 bits per heavy atom. The van der Waals surface area contributed by atoms with Gasteiger partial charge in [0.1, 0.15) is 54.6 Å². The maximum Gasteiger partial charge on any atom is 0.479 e. The van der Waals surface area contributed by atoms with Crippen LogP contribution in [0.25, 0.3) is 22.3 Å². The van der Waals surface area contributed by atoms with E-state index in [1.807, 2.05) is 4.98 Å². The van der Waals surface area contributed by atoms with Crippen molar-refractivity contribution in [3.63, 3.8) is 0 Å². The van der Waals surface area contributed by atoms with Crippen molar-refractivity contribution in [3.05, 3.63) is 62.4 Å². The van der Waals surface area contributed by atoms with Crippen molar-refractivity contribution in [1.82, 2.24) is 48.5 Å². The van der Waals surface area contributed by atoms with Crippen LogP contribution in [0, 0.1) is 5.92 Å². The molecule has 5 unspecified atom stereocenters. The Kier molecular flexibility index (Phi) is 17.3. The van der Waals surface area contributed by atoms with Crippen LogP contribution in [0.5, 0.6) is 0 Å². The maximum atomic E-state index is 13.6. The van der Waals surface area contributed by atoms with E-state index in [4.69, 9.17) is 48.5 Å². The first-order valence-electron chi connectivity index (χ1n) is 22.9. The lowest BCUT2D eigenvalue weighted by Gasteiger charge is -2.26. The Hall–Kier alpha value is -5.07. The van der Waals surface area contributed by atoms with Crippen molar-refractivity contribution in [2.75, 3.05) is 64.8 Å². The summed E-state index contributed by atoms with van der Waals surface area (Å²) in [7, 11) is -16.0. The number of hydrogen-bond donors (Lipinski definition) is 11. The van der Waals surface area contributed by atoms with Gasteiger partial charge in [-0.15, -0.1) is 0 Å². The lowest BCUT2D eigenvalue weighted by Crippen LogP contribution is -2.38. The number of aromatic amines is 2. The number of nitrogen functional groups attached to an aromatic ring is 2. The fourth-order valence-electron chi connectivity index (χ4n) is 8.75. The van der Waals surface area contributed by atoms with E-state index in [-0.39, 0.29) is 40.5 Å². The summed E-state index contributed by atoms with van der Waals surface area (Å²) in [6.45, 7) is -2.97. The predicted molar refractivity (Wildman–Crippen MR) is 257 cm³/mol. The fraction of sp³-hybridized carbons (Fsp3) is 0.595. The van der Waals surface area contributed by atoms with Crippen molar-refractivity contribution in [2.45, 2.75) is 73.9 Å². The Bertz CT molecular complexity index is 3430. The number of amides is 1. The van der Waals surface area contributed by atoms with Crippen molar-refractivity contribution in [3.8, 4) is 0 Å². The molecule has 8 heterocycles. The number of imidazole rings is 2. The molecule has 37 nitrogen and oxygen atoms in total. The molecule has 0 bridgehead atoms. The molecule has 0 radical (unpaired) electrons. The SMILES string of the molecule is CO[C@@H]1[C@H](OP(=O)(O)OC[C@H]2O[C@@H](n3ccc(=O)[nH]c3=O)[C@H](O)[C@@H]2O)[C@@H](COP(=O)(O)OP(=O)(O)CCP(=O)(O)OC[C@H]2O[C@@H](n3c[n+](C)c4c(=O)[nH]c(N)nc43)[C@H](O)C2CC(=O)N(C)C)O[C@H]1n1cnc2c(N)ncnc21. The summed E-state index contributed by atoms with van der Waals surface area (Å²) in [6, 6.07) is 0.932. The molecule has 0 saturated carbocycles. The lowest BCUT2D eigenvalue weighted by molar-refractivity contribution is -0.646. The fourth-order valence-corrected chi connectivity index (χ4v) is 14.4. The Balaban J connectivity index is 0.926. The first-order chi connectivity index (χ1) is 36.5. The van der Waals surface area contributed by atoms with Gasteiger partial charge in [0.15, 0.2) is 23.9 Å². The van der Waals surface area contributed by atoms with E-state index < -0.39 is 159 Å². The summed E-state index contributed by atoms with van der Waals surface area (Å²) in [5.41, 5.74) is 9.40. The molecule has 430 valence electrons. The van der Waals surface area contributed by atoms with Crippen molar-refractivity contribution in [1.29, 1.82) is 0 Å². The number of rotatable bonds is 22. The van der Waals surface area contributed by atoms with Crippen LogP contribution in [-0.2, 0) is 71.5 Å². The number of ether oxygens (including phenoxy) is 4. The summed E-state index contributed by atoms with van der Waals surface area (Å²) < 4.78 is 107. The van der Waals surface area contributed by atoms with Gasteiger partial charge in [0.05, 0.1) is 51.6 Å². The molecule has 0 spiro atoms. The third-order valence-corrected chi connectivity index (χ3v) is 18.4. The smallest absolute Gasteiger partial charge is 0.387 e. The van der Waals surface area contributed by atoms with E-state index in [9.17, 15) is 72.3 Å². The molecule has 0 aromatic carbocycles. The van der Waals surface area contributed by atoms with Crippen LogP contribution >= 0.6 is 30.8 Å². The summed E-state index contributed by atoms with van der Waals surface area (Å²) in [5.74, 6) is -1.94. The van der Waals surface area contributed by atoms with E-state index >= 15 is 0 Å². The normalized spacial score (nSPS) is 29.6. The Labute approximate surface area is 436 Å². The monoisotopic (exact) mass is 1190 g/mol. The second-order valence-corrected chi connectivity index (χ2v) is 25.0. The van der Waals surface area contributed by atoms with Crippen LogP contribution in [0.15, 0.2) is 45.6 Å². The Morgan fingerprint density at radius 3 is 2.12 bits per heavy atom. The summed E-state index contributed by atoms with van der Waals surface area (Å²) in [6.07, 6.45) is -16.0. The number of hydrogen-bond acceptors (Lipinski definition) is 26. The molecule has 8 rings (SSSR count). The average Bonchev–Trinajstić information content (AvgIpc) is 4.23. The Morgan fingerprint density at radius 1 is 0.782 bits per heavy atom. The highest BCUT2D eigenvalue weighted by Gasteiger charge is 2.53. The minimum Gasteiger partial charge on any atom is -0.387 e. The molecule has 5 aromatic heterocycles. The van der Waals surface area contributed by atoms with E-state index in [2.05, 4.69) is 29.2 Å². The van der Waals surface area contributed by atoms with E-state index in [1.54, 1.807) is 0 Å². The number of carbonyl (C=O) groups is 1. The van der Waals surface area contributed by atoms with E-state index in [0.29, 0.717) is 0 Å². The lowest BCUT2D eigenvalue weighted by atomic mass is 9.94. The molecule has 3 fully saturated rings. The van der Waals surface area contributed by atoms with Crippen LogP contribution in [0.2, 0.25) is 0 Å². The molecular weight excluding hydrogens is 1130 g/mol. The topological polar surface area (TPSA) is 518 Å². The second kappa shape index (κ2) is 22.8. The minimum absolute atomic E-state index is 0.0188. The van der Waals surface area contributed by atoms with Crippen molar-refractivity contribution in [2.24, 2.45) is 13.0 Å². The largest absolute Gasteiger partial charge is 0.479 e. The van der Waals surface area contributed by atoms with Crippen LogP contribution < -0.4 is 32.8 Å². The molecule has 3 aliphatic rings. The van der Waals surface area contributed by atoms with Gasteiger partial charge in [0, 0.05) is 45.8 Å². The number of phosphoric ester groups is 2. The number of methoxy groups -OCH3 is 1. The number of nitrogens with one attached hydrogen (secondary N) is 2. The molecule has 5 aromatic rings. The highest BCUT2D eigenvalue weighted by atomic mass is 31.3. The predicted octanol–water partition coefficient (Wildman–Crippen LogP) is -3.99. The molecule has 3 aliphatic heterocycles. The van der Waals surface area contributed by atoms with Gasteiger partial charge in [0.25, 0.3) is 16.7 Å². The molecule has 1 amide bonds. The van der Waals surface area contributed by atoms with Gasteiger partial charge in [-0.1, -0.05) is 0 Å². The number of fused-ring (bicyclic) bond motifs is 2. The molecule has 13 N–H and O–H groups in total. The number of nitrogens with zero attached hydrogens (tertiary/aromatic N) is 9. The van der Waals surface area contributed by atoms with E-state index in [1.165, 1.54) is 46.1 Å². The third-order valence-electron chi connectivity index (χ3n) is 12.6. The van der Waals surface area contributed by atoms with Gasteiger partial charge in [-0.05, 0) is 0 Å². The number of aryl methyl sites for hydroxylation is 1. The number of phosphoric acid groups is 2. The first-order valence-corrected chi connectivity index (χ1v) is 29.4. The first kappa shape index (κ1) is 59.1. The average molecular weight is 1190 g/mol. The zero-order valence-electron chi connectivity index (χ0n) is 41.1. The molecule has 3 saturated heterocycles. The van der Waals surface area contributed by atoms with Gasteiger partial charge in [-0.2, -0.15) is 9.55 Å². The van der Waals surface area contributed by atoms with Crippen molar-refractivity contribution >= 4 is 70.8 Å². The second-order valence-electron chi connectivity index (χ2n) is 18.1. The molecular formula is C37H54N13O24P4+. The maximum absolute atomic E-state index is 13.6. The van der Waals surface area contributed by atoms with Crippen LogP contribution in [0.3, 0.4) is 0 Å². The number of H-pyrrole nitrogens is 2. The van der Waals surface area contributed by atoms with Gasteiger partial charge in [0.2, 0.25) is 24.4 Å². The summed E-state index contributed by atoms with van der Waals surface area (Å²) in [5, 5.41) is 32.8. The molecule has 0 aliphatic carbocycles. The minimum atomic E-state index is -5.74. The molecule has 78 heavy (non-hydrogen) atoms. The molecule has 41 heteroatoms. The number of aliphatic hydroxyl groups excluding tert-OH is 3. The van der Waals surface area contributed by atoms with Gasteiger partial charge in [-0.3, -0.25) is 56.2 Å². The zero-order chi connectivity index (χ0) is 57.0. The van der Waals surface area contributed by atoms with Crippen LogP contribution in [-0.4, -0.2) is 191 Å². The van der Waals surface area contributed by atoms with Gasteiger partial charge >= 0.3 is 42.1 Å². The number of anilines is 2. The highest BCUT2D eigenvalue weighted by Crippen LogP contribution is 2.62. The quantitative estimate of drug-likeness (QED) is 0.0232. The number of nitrogens with two attached hydrogens (primary N) is 2. The van der Waals surface area contributed by atoms with Crippen LogP contribution in [0.4, 0.5) is 11.8 Å². The number of aliphatic hydroxyl groups is 3. The number of aromatic nitrogens is 10. The van der Waals surface area contributed by atoms with E-state index in [0.717, 1.165) is 36.6 Å². The van der Waals surface area contributed by atoms with Crippen molar-refractivity contribution < 1.29 is 104 Å². The zero-order valence-corrected chi connectivity index (χ0v) is 44.7. The standard InChI is InChI=1S/C37H53N13O24P4/c1-46(2)21(52)9-16-17(70-33(24(16)53)50-15-47(3)23-31(50)44-36(39)45-32(23)56)10-67-75(58,59)7-8-76(60,61)74-78(64,65)69-12-19-27(28(66-4)35(72-19)49-14-42-22-29(38)40-13-41-30(22)49)73-77(62,63)68-11-18-25(54)26(55)34(71-18)48-6-5-20(51)43-37(48)57/h5-6,13-19,24-28,33-35,53-55H,7-12H2,1-4H3,(H9-,38,39,40,41,43,44,45,51,56,57,58,59,60,61,62,63,64,65)/p+1/t16?,17-,18-,19-,24-,25-,26-,27-,28-,33-,34-,35-/m1/s1. The summed E-state index contributed by atoms with van der Waals surface area (Å²) in [4.78, 5) is 114. The van der Waals surface area contributed by atoms with Crippen LogP contribution in [0.1, 0.15) is 25.1 Å². The highest BCUT2D eigenvalue weighted by molar-refractivity contribution is 7.64. The summed E-state index contributed by atoms with van der Waals surface area (Å²) >= 11 is 0. The van der Waals surface area contributed by atoms with Gasteiger partial charge in [-0.25, -0.2) is 37.8 Å². The third kappa shape index (κ3) is 12.8. The molecule has 16 atom stereocenters. The number of carbonyl (C=O) groups excluding carboxylic acids is 1.